The SMILES string of the molecule is C=C1C(=O)O[C@@H]2[C@H]3C(=C)[C@@H](O)C[C@H]3C(=C)C[C@H](OC(=O)CC(C)C)[C@@H]12. The van der Waals surface area contributed by atoms with E-state index in [1.807, 2.05) is 13.8 Å². The number of aliphatic hydroxyl groups is 1. The van der Waals surface area contributed by atoms with Gasteiger partial charge in [0.25, 0.3) is 0 Å². The van der Waals surface area contributed by atoms with Crippen LogP contribution in [0.4, 0.5) is 0 Å². The summed E-state index contributed by atoms with van der Waals surface area (Å²) in [7, 11) is 0. The second-order valence-corrected chi connectivity index (χ2v) is 7.87. The molecule has 1 heterocycles. The van der Waals surface area contributed by atoms with Crippen LogP contribution in [0.2, 0.25) is 0 Å². The van der Waals surface area contributed by atoms with Crippen LogP contribution in [-0.2, 0) is 19.1 Å². The minimum Gasteiger partial charge on any atom is -0.461 e. The highest BCUT2D eigenvalue weighted by atomic mass is 16.6. The molecule has 5 heteroatoms. The molecular formula is C20H26O5. The number of rotatable bonds is 3. The summed E-state index contributed by atoms with van der Waals surface area (Å²) in [5.41, 5.74) is 1.90. The van der Waals surface area contributed by atoms with Crippen molar-refractivity contribution in [2.75, 3.05) is 0 Å². The molecule has 1 saturated heterocycles. The summed E-state index contributed by atoms with van der Waals surface area (Å²) in [6, 6.07) is 0. The van der Waals surface area contributed by atoms with Crippen LogP contribution < -0.4 is 0 Å². The number of carbonyl (C=O) groups is 2. The first-order chi connectivity index (χ1) is 11.7. The molecule has 5 nitrogen and oxygen atoms in total. The maximum absolute atomic E-state index is 12.2. The highest BCUT2D eigenvalue weighted by Gasteiger charge is 2.56. The molecule has 0 bridgehead atoms. The van der Waals surface area contributed by atoms with Gasteiger partial charge in [-0.25, -0.2) is 4.79 Å². The molecule has 2 saturated carbocycles. The maximum atomic E-state index is 12.2. The summed E-state index contributed by atoms with van der Waals surface area (Å²) in [6.45, 7) is 16.0. The third-order valence-corrected chi connectivity index (χ3v) is 5.63. The second kappa shape index (κ2) is 6.45. The van der Waals surface area contributed by atoms with E-state index in [2.05, 4.69) is 19.7 Å². The first kappa shape index (κ1) is 17.9. The largest absolute Gasteiger partial charge is 0.461 e. The van der Waals surface area contributed by atoms with E-state index in [1.54, 1.807) is 0 Å². The van der Waals surface area contributed by atoms with Gasteiger partial charge in [0.15, 0.2) is 0 Å². The van der Waals surface area contributed by atoms with Crippen molar-refractivity contribution in [1.29, 1.82) is 0 Å². The fourth-order valence-corrected chi connectivity index (χ4v) is 4.42. The number of aliphatic hydroxyl groups excluding tert-OH is 1. The van der Waals surface area contributed by atoms with Gasteiger partial charge in [0.1, 0.15) is 12.2 Å². The van der Waals surface area contributed by atoms with Crippen LogP contribution >= 0.6 is 0 Å². The van der Waals surface area contributed by atoms with E-state index in [1.165, 1.54) is 0 Å². The Morgan fingerprint density at radius 1 is 1.32 bits per heavy atom. The lowest BCUT2D eigenvalue weighted by molar-refractivity contribution is -0.153. The molecule has 2 aliphatic carbocycles. The smallest absolute Gasteiger partial charge is 0.334 e. The molecular weight excluding hydrogens is 320 g/mol. The summed E-state index contributed by atoms with van der Waals surface area (Å²) in [5.74, 6) is -1.20. The Morgan fingerprint density at radius 2 is 2.00 bits per heavy atom. The summed E-state index contributed by atoms with van der Waals surface area (Å²) < 4.78 is 11.3. The van der Waals surface area contributed by atoms with Crippen LogP contribution in [0, 0.1) is 23.7 Å². The van der Waals surface area contributed by atoms with E-state index in [9.17, 15) is 14.7 Å². The zero-order valence-electron chi connectivity index (χ0n) is 14.9. The second-order valence-electron chi connectivity index (χ2n) is 7.87. The van der Waals surface area contributed by atoms with Crippen molar-refractivity contribution in [3.63, 3.8) is 0 Å². The maximum Gasteiger partial charge on any atom is 0.334 e. The summed E-state index contributed by atoms with van der Waals surface area (Å²) in [6.07, 6.45) is -0.367. The number of carbonyl (C=O) groups excluding carboxylic acids is 2. The van der Waals surface area contributed by atoms with E-state index in [0.29, 0.717) is 30.4 Å². The minimum absolute atomic E-state index is 0.0255. The predicted molar refractivity (Wildman–Crippen MR) is 92.3 cm³/mol. The molecule has 3 aliphatic rings. The Hall–Kier alpha value is -1.88. The molecule has 0 spiro atoms. The molecule has 25 heavy (non-hydrogen) atoms. The summed E-state index contributed by atoms with van der Waals surface area (Å²) in [5, 5.41) is 10.2. The molecule has 6 atom stereocenters. The molecule has 1 aliphatic heterocycles. The van der Waals surface area contributed by atoms with Crippen LogP contribution in [0.1, 0.15) is 33.1 Å². The average molecular weight is 346 g/mol. The van der Waals surface area contributed by atoms with Gasteiger partial charge in [-0.15, -0.1) is 0 Å². The quantitative estimate of drug-likeness (QED) is 0.483. The van der Waals surface area contributed by atoms with Crippen molar-refractivity contribution in [1.82, 2.24) is 0 Å². The molecule has 1 N–H and O–H groups in total. The number of esters is 2. The Labute approximate surface area is 148 Å². The lowest BCUT2D eigenvalue weighted by Crippen LogP contribution is -2.36. The van der Waals surface area contributed by atoms with Crippen LogP contribution in [0.25, 0.3) is 0 Å². The van der Waals surface area contributed by atoms with E-state index < -0.39 is 30.2 Å². The number of ether oxygens (including phenoxy) is 2. The third-order valence-electron chi connectivity index (χ3n) is 5.63. The Kier molecular flexibility index (Phi) is 4.62. The zero-order valence-corrected chi connectivity index (χ0v) is 14.9. The lowest BCUT2D eigenvalue weighted by atomic mass is 9.81. The minimum atomic E-state index is -0.625. The van der Waals surface area contributed by atoms with Crippen LogP contribution in [-0.4, -0.2) is 35.4 Å². The predicted octanol–water partition coefficient (Wildman–Crippen LogP) is 2.56. The van der Waals surface area contributed by atoms with E-state index >= 15 is 0 Å². The molecule has 0 amide bonds. The van der Waals surface area contributed by atoms with Gasteiger partial charge < -0.3 is 14.6 Å². The van der Waals surface area contributed by atoms with Crippen molar-refractivity contribution in [2.45, 2.75) is 51.4 Å². The number of hydrogen-bond acceptors (Lipinski definition) is 5. The molecule has 0 unspecified atom stereocenters. The van der Waals surface area contributed by atoms with Gasteiger partial charge in [0.05, 0.1) is 12.0 Å². The van der Waals surface area contributed by atoms with Crippen LogP contribution in [0.15, 0.2) is 36.5 Å². The number of hydrogen-bond donors (Lipinski definition) is 1. The standard InChI is InChI=1S/C20H26O5/c1-9(2)6-16(22)24-15-7-10(3)13-8-14(21)11(4)17(13)19-18(15)12(5)20(23)25-19/h9,13-15,17-19,21H,3-8H2,1-2H3/t13-,14-,15-,17-,18+,19+/m0/s1. The van der Waals surface area contributed by atoms with Gasteiger partial charge >= 0.3 is 11.9 Å². The third kappa shape index (κ3) is 3.06. The van der Waals surface area contributed by atoms with E-state index in [-0.39, 0.29) is 23.7 Å². The molecule has 3 rings (SSSR count). The van der Waals surface area contributed by atoms with Crippen molar-refractivity contribution >= 4 is 11.9 Å². The molecule has 136 valence electrons. The van der Waals surface area contributed by atoms with Gasteiger partial charge in [-0.3, -0.25) is 4.79 Å². The molecule has 3 fully saturated rings. The van der Waals surface area contributed by atoms with Gasteiger partial charge in [-0.05, 0) is 23.8 Å². The van der Waals surface area contributed by atoms with Gasteiger partial charge in [-0.1, -0.05) is 39.2 Å². The first-order valence-electron chi connectivity index (χ1n) is 8.84. The number of fused-ring (bicyclic) bond motifs is 3. The monoisotopic (exact) mass is 346 g/mol. The summed E-state index contributed by atoms with van der Waals surface area (Å²) in [4.78, 5) is 24.4. The van der Waals surface area contributed by atoms with Gasteiger partial charge in [-0.2, -0.15) is 0 Å². The molecule has 0 radical (unpaired) electrons. The van der Waals surface area contributed by atoms with Crippen LogP contribution in [0.3, 0.4) is 0 Å². The Bertz CT molecular complexity index is 646. The molecule has 0 aromatic rings. The average Bonchev–Trinajstić information content (AvgIpc) is 2.91. The fourth-order valence-electron chi connectivity index (χ4n) is 4.42. The zero-order chi connectivity index (χ0) is 18.5. The van der Waals surface area contributed by atoms with Crippen molar-refractivity contribution in [3.05, 3.63) is 36.5 Å². The van der Waals surface area contributed by atoms with E-state index in [0.717, 1.165) is 5.57 Å². The highest BCUT2D eigenvalue weighted by molar-refractivity contribution is 5.91. The highest BCUT2D eigenvalue weighted by Crippen LogP contribution is 2.52. The summed E-state index contributed by atoms with van der Waals surface area (Å²) >= 11 is 0. The van der Waals surface area contributed by atoms with Crippen LogP contribution in [0.5, 0.6) is 0 Å². The Balaban J connectivity index is 1.92. The van der Waals surface area contributed by atoms with Gasteiger partial charge in [0, 0.05) is 24.3 Å². The van der Waals surface area contributed by atoms with Crippen molar-refractivity contribution in [2.24, 2.45) is 23.7 Å². The molecule has 0 aromatic heterocycles. The first-order valence-corrected chi connectivity index (χ1v) is 8.84. The normalized spacial score (nSPS) is 37.6. The van der Waals surface area contributed by atoms with Crippen molar-refractivity contribution in [3.8, 4) is 0 Å². The lowest BCUT2D eigenvalue weighted by Gasteiger charge is -2.28. The molecule has 0 aromatic carbocycles. The van der Waals surface area contributed by atoms with E-state index in [4.69, 9.17) is 9.47 Å². The van der Waals surface area contributed by atoms with Gasteiger partial charge in [0.2, 0.25) is 0 Å². The Morgan fingerprint density at radius 3 is 2.64 bits per heavy atom. The topological polar surface area (TPSA) is 72.8 Å². The fraction of sp³-hybridized carbons (Fsp3) is 0.600. The van der Waals surface area contributed by atoms with Crippen molar-refractivity contribution < 1.29 is 24.2 Å².